The number of ether oxygens (including phenoxy) is 1. The van der Waals surface area contributed by atoms with Crippen LogP contribution in [0.1, 0.15) is 34.3 Å². The van der Waals surface area contributed by atoms with Crippen molar-refractivity contribution < 1.29 is 14.3 Å². The molecule has 6 nitrogen and oxygen atoms in total. The van der Waals surface area contributed by atoms with Crippen LogP contribution < -0.4 is 15.8 Å². The lowest BCUT2D eigenvalue weighted by Crippen LogP contribution is -2.32. The van der Waals surface area contributed by atoms with Crippen LogP contribution in [-0.4, -0.2) is 30.0 Å². The van der Waals surface area contributed by atoms with Gasteiger partial charge in [0.25, 0.3) is 5.91 Å². The number of primary amides is 1. The number of hydrogen-bond acceptors (Lipinski definition) is 3. The van der Waals surface area contributed by atoms with Gasteiger partial charge in [-0.05, 0) is 48.2 Å². The molecule has 0 bridgehead atoms. The molecule has 3 rings (SSSR count). The van der Waals surface area contributed by atoms with Crippen molar-refractivity contribution in [3.8, 4) is 5.75 Å². The number of benzene rings is 2. The summed E-state index contributed by atoms with van der Waals surface area (Å²) in [6, 6.07) is 14.8. The Morgan fingerprint density at radius 1 is 1.08 bits per heavy atom. The standard InChI is InChI=1S/C20H23N3O3/c1-26-18-10-4-15(5-11-18)13-23(17-8-9-17)19(24)16-6-2-14(3-7-16)12-22-20(21)25/h2-7,10-11,17H,8-9,12-13H2,1H3,(H3,21,22,25). The van der Waals surface area contributed by atoms with E-state index >= 15 is 0 Å². The number of carbonyl (C=O) groups is 2. The van der Waals surface area contributed by atoms with Crippen LogP contribution >= 0.6 is 0 Å². The molecule has 6 heteroatoms. The van der Waals surface area contributed by atoms with Gasteiger partial charge >= 0.3 is 6.03 Å². The second-order valence-electron chi connectivity index (χ2n) is 6.43. The molecule has 0 unspecified atom stereocenters. The topological polar surface area (TPSA) is 84.7 Å². The van der Waals surface area contributed by atoms with Crippen molar-refractivity contribution in [3.63, 3.8) is 0 Å². The molecule has 3 N–H and O–H groups in total. The molecular formula is C20H23N3O3. The molecule has 0 heterocycles. The lowest BCUT2D eigenvalue weighted by atomic mass is 10.1. The molecule has 1 fully saturated rings. The number of nitrogens with two attached hydrogens (primary N) is 1. The zero-order valence-corrected chi connectivity index (χ0v) is 14.8. The van der Waals surface area contributed by atoms with Gasteiger partial charge in [-0.15, -0.1) is 0 Å². The third-order valence-corrected chi connectivity index (χ3v) is 4.43. The van der Waals surface area contributed by atoms with Gasteiger partial charge in [0.15, 0.2) is 0 Å². The zero-order chi connectivity index (χ0) is 18.5. The molecule has 3 amide bonds. The van der Waals surface area contributed by atoms with Gasteiger partial charge < -0.3 is 20.7 Å². The first-order valence-corrected chi connectivity index (χ1v) is 8.63. The smallest absolute Gasteiger partial charge is 0.312 e. The molecule has 0 saturated heterocycles. The summed E-state index contributed by atoms with van der Waals surface area (Å²) < 4.78 is 5.18. The fourth-order valence-corrected chi connectivity index (χ4v) is 2.80. The number of rotatable bonds is 7. The maximum Gasteiger partial charge on any atom is 0.312 e. The Morgan fingerprint density at radius 2 is 1.69 bits per heavy atom. The molecule has 1 saturated carbocycles. The van der Waals surface area contributed by atoms with Gasteiger partial charge in [-0.2, -0.15) is 0 Å². The highest BCUT2D eigenvalue weighted by Crippen LogP contribution is 2.30. The Kier molecular flexibility index (Phi) is 5.41. The summed E-state index contributed by atoms with van der Waals surface area (Å²) in [7, 11) is 1.64. The molecule has 1 aliphatic rings. The molecule has 0 atom stereocenters. The van der Waals surface area contributed by atoms with Crippen LogP contribution in [0.3, 0.4) is 0 Å². The van der Waals surface area contributed by atoms with Crippen LogP contribution in [0.4, 0.5) is 4.79 Å². The van der Waals surface area contributed by atoms with E-state index in [0.29, 0.717) is 24.7 Å². The molecule has 0 radical (unpaired) electrons. The third-order valence-electron chi connectivity index (χ3n) is 4.43. The monoisotopic (exact) mass is 353 g/mol. The van der Waals surface area contributed by atoms with Crippen molar-refractivity contribution in [2.45, 2.75) is 32.0 Å². The Labute approximate surface area is 152 Å². The lowest BCUT2D eigenvalue weighted by Gasteiger charge is -2.23. The molecule has 26 heavy (non-hydrogen) atoms. The summed E-state index contributed by atoms with van der Waals surface area (Å²) in [5.74, 6) is 0.830. The van der Waals surface area contributed by atoms with E-state index < -0.39 is 6.03 Å². The minimum absolute atomic E-state index is 0.0257. The van der Waals surface area contributed by atoms with Crippen LogP contribution in [-0.2, 0) is 13.1 Å². The van der Waals surface area contributed by atoms with Crippen LogP contribution in [0.2, 0.25) is 0 Å². The predicted octanol–water partition coefficient (Wildman–Crippen LogP) is 2.67. The van der Waals surface area contributed by atoms with Crippen molar-refractivity contribution in [2.24, 2.45) is 5.73 Å². The summed E-state index contributed by atoms with van der Waals surface area (Å²) in [4.78, 5) is 25.6. The van der Waals surface area contributed by atoms with Crippen molar-refractivity contribution in [2.75, 3.05) is 7.11 Å². The van der Waals surface area contributed by atoms with Crippen LogP contribution in [0.25, 0.3) is 0 Å². The number of hydrogen-bond donors (Lipinski definition) is 2. The van der Waals surface area contributed by atoms with Gasteiger partial charge in [-0.3, -0.25) is 4.79 Å². The molecule has 2 aromatic carbocycles. The van der Waals surface area contributed by atoms with E-state index in [-0.39, 0.29) is 5.91 Å². The molecule has 0 spiro atoms. The first-order chi connectivity index (χ1) is 12.6. The lowest BCUT2D eigenvalue weighted by molar-refractivity contribution is 0.0730. The zero-order valence-electron chi connectivity index (χ0n) is 14.8. The molecule has 136 valence electrons. The second kappa shape index (κ2) is 7.91. The first-order valence-electron chi connectivity index (χ1n) is 8.63. The second-order valence-corrected chi connectivity index (χ2v) is 6.43. The fourth-order valence-electron chi connectivity index (χ4n) is 2.80. The number of nitrogens with zero attached hydrogens (tertiary/aromatic N) is 1. The average Bonchev–Trinajstić information content (AvgIpc) is 3.50. The van der Waals surface area contributed by atoms with Crippen molar-refractivity contribution >= 4 is 11.9 Å². The third kappa shape index (κ3) is 4.53. The minimum atomic E-state index is -0.565. The average molecular weight is 353 g/mol. The molecule has 0 aliphatic heterocycles. The van der Waals surface area contributed by atoms with Crippen molar-refractivity contribution in [1.82, 2.24) is 10.2 Å². The Bertz CT molecular complexity index is 768. The number of nitrogens with one attached hydrogen (secondary N) is 1. The summed E-state index contributed by atoms with van der Waals surface area (Å²) >= 11 is 0. The fraction of sp³-hybridized carbons (Fsp3) is 0.300. The van der Waals surface area contributed by atoms with Gasteiger partial charge in [0.05, 0.1) is 7.11 Å². The highest BCUT2D eigenvalue weighted by atomic mass is 16.5. The summed E-state index contributed by atoms with van der Waals surface area (Å²) in [5.41, 5.74) is 7.69. The number of amides is 3. The van der Waals surface area contributed by atoms with E-state index in [4.69, 9.17) is 10.5 Å². The van der Waals surface area contributed by atoms with Crippen LogP contribution in [0.5, 0.6) is 5.75 Å². The highest BCUT2D eigenvalue weighted by molar-refractivity contribution is 5.94. The van der Waals surface area contributed by atoms with Crippen molar-refractivity contribution in [3.05, 3.63) is 65.2 Å². The number of carbonyl (C=O) groups excluding carboxylic acids is 2. The summed E-state index contributed by atoms with van der Waals surface area (Å²) in [6.45, 7) is 0.931. The normalized spacial score (nSPS) is 13.1. The van der Waals surface area contributed by atoms with E-state index in [1.807, 2.05) is 41.3 Å². The summed E-state index contributed by atoms with van der Waals surface area (Å²) in [6.07, 6.45) is 2.09. The largest absolute Gasteiger partial charge is 0.497 e. The van der Waals surface area contributed by atoms with Gasteiger partial charge in [-0.25, -0.2) is 4.79 Å². The highest BCUT2D eigenvalue weighted by Gasteiger charge is 2.33. The van der Waals surface area contributed by atoms with Gasteiger partial charge in [0, 0.05) is 24.7 Å². The first kappa shape index (κ1) is 17.8. The van der Waals surface area contributed by atoms with E-state index in [2.05, 4.69) is 5.32 Å². The molecule has 2 aromatic rings. The Hall–Kier alpha value is -3.02. The maximum absolute atomic E-state index is 12.9. The molecule has 1 aliphatic carbocycles. The number of urea groups is 1. The van der Waals surface area contributed by atoms with Crippen LogP contribution in [0, 0.1) is 0 Å². The van der Waals surface area contributed by atoms with E-state index in [1.165, 1.54) is 0 Å². The molecular weight excluding hydrogens is 330 g/mol. The maximum atomic E-state index is 12.9. The minimum Gasteiger partial charge on any atom is -0.497 e. The van der Waals surface area contributed by atoms with Gasteiger partial charge in [0.2, 0.25) is 0 Å². The van der Waals surface area contributed by atoms with E-state index in [0.717, 1.165) is 29.7 Å². The van der Waals surface area contributed by atoms with E-state index in [1.54, 1.807) is 19.2 Å². The number of methoxy groups -OCH3 is 1. The Balaban J connectivity index is 1.69. The quantitative estimate of drug-likeness (QED) is 0.802. The van der Waals surface area contributed by atoms with Gasteiger partial charge in [-0.1, -0.05) is 24.3 Å². The molecule has 0 aromatic heterocycles. The predicted molar refractivity (Wildman–Crippen MR) is 98.8 cm³/mol. The van der Waals surface area contributed by atoms with E-state index in [9.17, 15) is 9.59 Å². The SMILES string of the molecule is COc1ccc(CN(C(=O)c2ccc(CNC(N)=O)cc2)C2CC2)cc1. The van der Waals surface area contributed by atoms with Crippen LogP contribution in [0.15, 0.2) is 48.5 Å². The Morgan fingerprint density at radius 3 is 2.23 bits per heavy atom. The summed E-state index contributed by atoms with van der Waals surface area (Å²) in [5, 5.41) is 2.54. The van der Waals surface area contributed by atoms with Gasteiger partial charge in [0.1, 0.15) is 5.75 Å². The van der Waals surface area contributed by atoms with Crippen molar-refractivity contribution in [1.29, 1.82) is 0 Å².